The number of aryl methyl sites for hydroxylation is 1. The molecule has 0 unspecified atom stereocenters. The SMILES string of the molecule is CNC1CN(CCCNC(=O)Cn2cc(C)c3cnccc32)C1. The van der Waals surface area contributed by atoms with E-state index in [9.17, 15) is 4.79 Å². The number of nitrogens with one attached hydrogen (secondary N) is 2. The van der Waals surface area contributed by atoms with Gasteiger partial charge in [-0.05, 0) is 38.6 Å². The summed E-state index contributed by atoms with van der Waals surface area (Å²) in [4.78, 5) is 18.7. The maximum absolute atomic E-state index is 12.1. The second kappa shape index (κ2) is 7.10. The van der Waals surface area contributed by atoms with Gasteiger partial charge in [-0.2, -0.15) is 0 Å². The molecular weight excluding hydrogens is 290 g/mol. The van der Waals surface area contributed by atoms with Gasteiger partial charge in [0, 0.05) is 49.7 Å². The lowest BCUT2D eigenvalue weighted by molar-refractivity contribution is -0.121. The Hall–Kier alpha value is -1.92. The summed E-state index contributed by atoms with van der Waals surface area (Å²) in [7, 11) is 2.00. The minimum Gasteiger partial charge on any atom is -0.355 e. The van der Waals surface area contributed by atoms with Crippen LogP contribution in [0.2, 0.25) is 0 Å². The number of nitrogens with zero attached hydrogens (tertiary/aromatic N) is 3. The molecule has 2 aromatic rings. The highest BCUT2D eigenvalue weighted by Gasteiger charge is 2.23. The van der Waals surface area contributed by atoms with Crippen molar-refractivity contribution in [2.75, 3.05) is 33.2 Å². The maximum Gasteiger partial charge on any atom is 0.239 e. The summed E-state index contributed by atoms with van der Waals surface area (Å²) in [5.74, 6) is 0.0652. The molecule has 1 aliphatic heterocycles. The van der Waals surface area contributed by atoms with E-state index in [1.807, 2.05) is 37.0 Å². The molecule has 0 saturated carbocycles. The van der Waals surface area contributed by atoms with E-state index in [1.54, 1.807) is 6.20 Å². The Balaban J connectivity index is 1.42. The average molecular weight is 315 g/mol. The van der Waals surface area contributed by atoms with Gasteiger partial charge in [-0.25, -0.2) is 0 Å². The molecule has 2 N–H and O–H groups in total. The van der Waals surface area contributed by atoms with E-state index in [1.165, 1.54) is 0 Å². The predicted octanol–water partition coefficient (Wildman–Crippen LogP) is 0.755. The van der Waals surface area contributed by atoms with E-state index in [4.69, 9.17) is 0 Å². The van der Waals surface area contributed by atoms with Crippen LogP contribution < -0.4 is 10.6 Å². The van der Waals surface area contributed by atoms with Gasteiger partial charge in [0.1, 0.15) is 6.54 Å². The summed E-state index contributed by atoms with van der Waals surface area (Å²) in [5.41, 5.74) is 2.21. The van der Waals surface area contributed by atoms with Crippen molar-refractivity contribution in [1.29, 1.82) is 0 Å². The van der Waals surface area contributed by atoms with Gasteiger partial charge in [-0.15, -0.1) is 0 Å². The Bertz CT molecular complexity index is 675. The fraction of sp³-hybridized carbons (Fsp3) is 0.529. The van der Waals surface area contributed by atoms with Gasteiger partial charge in [-0.3, -0.25) is 9.78 Å². The molecule has 0 aliphatic carbocycles. The summed E-state index contributed by atoms with van der Waals surface area (Å²) in [6, 6.07) is 2.60. The van der Waals surface area contributed by atoms with Crippen molar-refractivity contribution >= 4 is 16.8 Å². The number of hydrogen-bond acceptors (Lipinski definition) is 4. The first-order chi connectivity index (χ1) is 11.2. The number of carbonyl (C=O) groups excluding carboxylic acids is 1. The maximum atomic E-state index is 12.1. The molecule has 3 rings (SSSR count). The monoisotopic (exact) mass is 315 g/mol. The average Bonchev–Trinajstić information content (AvgIpc) is 2.82. The Labute approximate surface area is 136 Å². The van der Waals surface area contributed by atoms with Gasteiger partial charge in [0.25, 0.3) is 0 Å². The molecule has 0 aromatic carbocycles. The molecule has 1 aliphatic rings. The molecule has 0 atom stereocenters. The number of carbonyl (C=O) groups is 1. The summed E-state index contributed by atoms with van der Waals surface area (Å²) in [5, 5.41) is 7.39. The van der Waals surface area contributed by atoms with Crippen molar-refractivity contribution < 1.29 is 4.79 Å². The van der Waals surface area contributed by atoms with Gasteiger partial charge in [0.2, 0.25) is 5.91 Å². The van der Waals surface area contributed by atoms with E-state index in [2.05, 4.69) is 20.5 Å². The first-order valence-corrected chi connectivity index (χ1v) is 8.23. The van der Waals surface area contributed by atoms with Gasteiger partial charge >= 0.3 is 0 Å². The molecular formula is C17H25N5O. The summed E-state index contributed by atoms with van der Waals surface area (Å²) in [6.07, 6.45) is 6.63. The van der Waals surface area contributed by atoms with Crippen LogP contribution >= 0.6 is 0 Å². The van der Waals surface area contributed by atoms with Gasteiger partial charge in [-0.1, -0.05) is 0 Å². The lowest BCUT2D eigenvalue weighted by Gasteiger charge is -2.39. The fourth-order valence-electron chi connectivity index (χ4n) is 3.12. The van der Waals surface area contributed by atoms with Crippen LogP contribution in [0.4, 0.5) is 0 Å². The smallest absolute Gasteiger partial charge is 0.239 e. The lowest BCUT2D eigenvalue weighted by Crippen LogP contribution is -2.57. The van der Waals surface area contributed by atoms with Crippen molar-refractivity contribution in [3.05, 3.63) is 30.2 Å². The number of rotatable bonds is 7. The third-order valence-electron chi connectivity index (χ3n) is 4.53. The zero-order valence-electron chi connectivity index (χ0n) is 13.9. The molecule has 1 fully saturated rings. The Morgan fingerprint density at radius 1 is 1.43 bits per heavy atom. The van der Waals surface area contributed by atoms with Crippen molar-refractivity contribution in [1.82, 2.24) is 25.1 Å². The Kier molecular flexibility index (Phi) is 4.93. The van der Waals surface area contributed by atoms with Crippen molar-refractivity contribution in [2.45, 2.75) is 25.9 Å². The number of likely N-dealkylation sites (N-methyl/N-ethyl adjacent to an activating group) is 1. The number of pyridine rings is 1. The number of hydrogen-bond donors (Lipinski definition) is 2. The Morgan fingerprint density at radius 3 is 3.04 bits per heavy atom. The first-order valence-electron chi connectivity index (χ1n) is 8.23. The summed E-state index contributed by atoms with van der Waals surface area (Å²) >= 11 is 0. The first kappa shape index (κ1) is 16.0. The molecule has 23 heavy (non-hydrogen) atoms. The van der Waals surface area contributed by atoms with E-state index in [0.29, 0.717) is 12.6 Å². The number of fused-ring (bicyclic) bond motifs is 1. The number of amides is 1. The third kappa shape index (κ3) is 3.71. The predicted molar refractivity (Wildman–Crippen MR) is 91.4 cm³/mol. The lowest BCUT2D eigenvalue weighted by atomic mass is 10.1. The molecule has 2 aromatic heterocycles. The topological polar surface area (TPSA) is 62.2 Å². The second-order valence-electron chi connectivity index (χ2n) is 6.28. The summed E-state index contributed by atoms with van der Waals surface area (Å²) in [6.45, 7) is 6.43. The van der Waals surface area contributed by atoms with Crippen LogP contribution in [-0.4, -0.2) is 59.6 Å². The van der Waals surface area contributed by atoms with Gasteiger partial charge in [0.15, 0.2) is 0 Å². The van der Waals surface area contributed by atoms with Gasteiger partial charge in [0.05, 0.1) is 5.52 Å². The van der Waals surface area contributed by atoms with Crippen molar-refractivity contribution in [2.24, 2.45) is 0 Å². The molecule has 6 heteroatoms. The van der Waals surface area contributed by atoms with E-state index >= 15 is 0 Å². The molecule has 1 amide bonds. The minimum atomic E-state index is 0.0652. The zero-order valence-corrected chi connectivity index (χ0v) is 13.9. The standard InChI is InChI=1S/C17H25N5O/c1-13-9-22(16-4-6-19-8-15(13)16)12-17(23)20-5-3-7-21-10-14(11-21)18-2/h4,6,8-9,14,18H,3,5,7,10-12H2,1-2H3,(H,20,23). The van der Waals surface area contributed by atoms with Crippen LogP contribution in [0.25, 0.3) is 10.9 Å². The third-order valence-corrected chi connectivity index (χ3v) is 4.53. The zero-order chi connectivity index (χ0) is 16.2. The highest BCUT2D eigenvalue weighted by molar-refractivity contribution is 5.85. The van der Waals surface area contributed by atoms with Crippen LogP contribution in [0.5, 0.6) is 0 Å². The van der Waals surface area contributed by atoms with Gasteiger partial charge < -0.3 is 20.1 Å². The minimum absolute atomic E-state index is 0.0652. The van der Waals surface area contributed by atoms with Crippen LogP contribution in [0, 0.1) is 6.92 Å². The molecule has 1 saturated heterocycles. The fourth-order valence-corrected chi connectivity index (χ4v) is 3.12. The molecule has 6 nitrogen and oxygen atoms in total. The highest BCUT2D eigenvalue weighted by Crippen LogP contribution is 2.18. The molecule has 0 bridgehead atoms. The van der Waals surface area contributed by atoms with Crippen LogP contribution in [0.15, 0.2) is 24.7 Å². The van der Waals surface area contributed by atoms with Crippen LogP contribution in [-0.2, 0) is 11.3 Å². The normalized spacial score (nSPS) is 15.7. The summed E-state index contributed by atoms with van der Waals surface area (Å²) < 4.78 is 1.99. The van der Waals surface area contributed by atoms with E-state index < -0.39 is 0 Å². The number of likely N-dealkylation sites (tertiary alicyclic amines) is 1. The molecule has 0 spiro atoms. The van der Waals surface area contributed by atoms with Crippen molar-refractivity contribution in [3.63, 3.8) is 0 Å². The van der Waals surface area contributed by atoms with E-state index in [0.717, 1.165) is 49.1 Å². The van der Waals surface area contributed by atoms with Crippen LogP contribution in [0.3, 0.4) is 0 Å². The highest BCUT2D eigenvalue weighted by atomic mass is 16.1. The number of aromatic nitrogens is 2. The second-order valence-corrected chi connectivity index (χ2v) is 6.28. The molecule has 124 valence electrons. The molecule has 0 radical (unpaired) electrons. The van der Waals surface area contributed by atoms with E-state index in [-0.39, 0.29) is 5.91 Å². The quantitative estimate of drug-likeness (QED) is 0.741. The molecule has 3 heterocycles. The van der Waals surface area contributed by atoms with Crippen LogP contribution in [0.1, 0.15) is 12.0 Å². The Morgan fingerprint density at radius 2 is 2.26 bits per heavy atom. The largest absolute Gasteiger partial charge is 0.355 e. The van der Waals surface area contributed by atoms with Crippen molar-refractivity contribution in [3.8, 4) is 0 Å².